The Kier molecular flexibility index (Phi) is 6.33. The average Bonchev–Trinajstić information content (AvgIpc) is 2.78. The summed E-state index contributed by atoms with van der Waals surface area (Å²) in [5.41, 5.74) is 5.04. The summed E-state index contributed by atoms with van der Waals surface area (Å²) >= 11 is 1.67. The molecule has 0 bridgehead atoms. The van der Waals surface area contributed by atoms with Crippen LogP contribution < -0.4 is 5.32 Å². The van der Waals surface area contributed by atoms with Crippen molar-refractivity contribution in [2.24, 2.45) is 0 Å². The Balaban J connectivity index is 1.79. The van der Waals surface area contributed by atoms with Gasteiger partial charge in [0.15, 0.2) is 5.78 Å². The number of benzene rings is 2. The molecule has 2 atom stereocenters. The summed E-state index contributed by atoms with van der Waals surface area (Å²) in [5.74, 6) is -0.543. The lowest BCUT2D eigenvalue weighted by atomic mass is 9.72. The predicted octanol–water partition coefficient (Wildman–Crippen LogP) is 5.33. The van der Waals surface area contributed by atoms with Gasteiger partial charge in [0.2, 0.25) is 0 Å². The van der Waals surface area contributed by atoms with Crippen molar-refractivity contribution < 1.29 is 14.3 Å². The van der Waals surface area contributed by atoms with Crippen molar-refractivity contribution in [2.75, 3.05) is 12.9 Å². The van der Waals surface area contributed by atoms with Gasteiger partial charge in [-0.25, -0.2) is 4.79 Å². The molecular weight excluding hydrogens is 406 g/mol. The van der Waals surface area contributed by atoms with E-state index in [1.807, 2.05) is 55.6 Å². The highest BCUT2D eigenvalue weighted by Gasteiger charge is 2.41. The maximum absolute atomic E-state index is 13.5. The van der Waals surface area contributed by atoms with Crippen LogP contribution in [0.25, 0.3) is 0 Å². The zero-order chi connectivity index (χ0) is 22.0. The topological polar surface area (TPSA) is 55.4 Å². The molecule has 2 aromatic carbocycles. The number of allylic oxidation sites excluding steroid dienone is 3. The first-order chi connectivity index (χ1) is 15.0. The lowest BCUT2D eigenvalue weighted by molar-refractivity contribution is -0.138. The molecule has 4 rings (SSSR count). The third kappa shape index (κ3) is 4.19. The Morgan fingerprint density at radius 3 is 2.42 bits per heavy atom. The highest BCUT2D eigenvalue weighted by Crippen LogP contribution is 2.45. The molecule has 160 valence electrons. The number of nitrogens with one attached hydrogen (secondary N) is 1. The smallest absolute Gasteiger partial charge is 0.336 e. The summed E-state index contributed by atoms with van der Waals surface area (Å²) in [6.07, 6.45) is 3.22. The number of rotatable bonds is 5. The van der Waals surface area contributed by atoms with Gasteiger partial charge in [-0.05, 0) is 55.7 Å². The molecule has 0 fully saturated rings. The van der Waals surface area contributed by atoms with E-state index in [1.165, 1.54) is 5.56 Å². The maximum atomic E-state index is 13.5. The Labute approximate surface area is 187 Å². The number of carbonyl (C=O) groups excluding carboxylic acids is 2. The van der Waals surface area contributed by atoms with Crippen LogP contribution >= 0.6 is 11.8 Å². The van der Waals surface area contributed by atoms with Gasteiger partial charge < -0.3 is 10.1 Å². The van der Waals surface area contributed by atoms with Crippen LogP contribution in [-0.2, 0) is 14.3 Å². The molecule has 2 unspecified atom stereocenters. The molecule has 2 aliphatic rings. The quantitative estimate of drug-likeness (QED) is 0.510. The molecule has 4 nitrogen and oxygen atoms in total. The van der Waals surface area contributed by atoms with Crippen molar-refractivity contribution in [1.82, 2.24) is 5.32 Å². The van der Waals surface area contributed by atoms with Gasteiger partial charge in [0.25, 0.3) is 0 Å². The molecule has 1 heterocycles. The van der Waals surface area contributed by atoms with Gasteiger partial charge in [0, 0.05) is 34.2 Å². The number of thioether (sulfide) groups is 1. The van der Waals surface area contributed by atoms with Crippen LogP contribution in [-0.4, -0.2) is 24.6 Å². The minimum absolute atomic E-state index is 0.0934. The second-order valence-electron chi connectivity index (χ2n) is 7.92. The fraction of sp³-hybridized carbons (Fsp3) is 0.308. The highest BCUT2D eigenvalue weighted by molar-refractivity contribution is 7.98. The van der Waals surface area contributed by atoms with Crippen molar-refractivity contribution in [3.63, 3.8) is 0 Å². The molecule has 0 amide bonds. The normalized spacial score (nSPS) is 20.9. The van der Waals surface area contributed by atoms with E-state index >= 15 is 0 Å². The average molecular weight is 434 g/mol. The second-order valence-corrected chi connectivity index (χ2v) is 8.80. The van der Waals surface area contributed by atoms with Crippen molar-refractivity contribution in [1.29, 1.82) is 0 Å². The maximum Gasteiger partial charge on any atom is 0.336 e. The van der Waals surface area contributed by atoms with Gasteiger partial charge in [-0.15, -0.1) is 11.8 Å². The van der Waals surface area contributed by atoms with Gasteiger partial charge in [0.05, 0.1) is 12.2 Å². The first-order valence-electron chi connectivity index (χ1n) is 10.6. The lowest BCUT2D eigenvalue weighted by Crippen LogP contribution is -2.36. The summed E-state index contributed by atoms with van der Waals surface area (Å²) in [4.78, 5) is 27.5. The lowest BCUT2D eigenvalue weighted by Gasteiger charge is -2.36. The molecule has 0 aromatic heterocycles. The standard InChI is InChI=1S/C26H27NO3S/c1-4-30-26(29)23-16(2)27-21-14-19(17-8-6-5-7-9-17)15-22(28)25(21)24(23)18-10-12-20(31-3)13-11-18/h5-13,19,24,27H,4,14-15H2,1-3H3. The van der Waals surface area contributed by atoms with E-state index in [-0.39, 0.29) is 17.7 Å². The number of hydrogen-bond donors (Lipinski definition) is 1. The van der Waals surface area contributed by atoms with E-state index in [9.17, 15) is 9.59 Å². The number of hydrogen-bond acceptors (Lipinski definition) is 5. The molecule has 1 aliphatic heterocycles. The number of ketones is 1. The molecule has 0 spiro atoms. The van der Waals surface area contributed by atoms with Crippen molar-refractivity contribution in [3.8, 4) is 0 Å². The van der Waals surface area contributed by atoms with Gasteiger partial charge in [0.1, 0.15) is 0 Å². The first kappa shape index (κ1) is 21.4. The number of esters is 1. The zero-order valence-electron chi connectivity index (χ0n) is 18.1. The largest absolute Gasteiger partial charge is 0.463 e. The molecule has 0 saturated carbocycles. The summed E-state index contributed by atoms with van der Waals surface area (Å²) in [6, 6.07) is 18.3. The molecule has 2 aromatic rings. The van der Waals surface area contributed by atoms with Gasteiger partial charge in [-0.2, -0.15) is 0 Å². The Morgan fingerprint density at radius 2 is 1.77 bits per heavy atom. The molecule has 5 heteroatoms. The second kappa shape index (κ2) is 9.15. The van der Waals surface area contributed by atoms with Gasteiger partial charge >= 0.3 is 5.97 Å². The molecule has 0 radical (unpaired) electrons. The third-order valence-corrected chi connectivity index (χ3v) is 6.79. The fourth-order valence-corrected chi connectivity index (χ4v) is 5.02. The molecule has 0 saturated heterocycles. The molecule has 1 N–H and O–H groups in total. The minimum Gasteiger partial charge on any atom is -0.463 e. The summed E-state index contributed by atoms with van der Waals surface area (Å²) in [7, 11) is 0. The van der Waals surface area contributed by atoms with Crippen molar-refractivity contribution in [2.45, 2.75) is 43.4 Å². The summed E-state index contributed by atoms with van der Waals surface area (Å²) in [6.45, 7) is 3.99. The number of carbonyl (C=O) groups is 2. The van der Waals surface area contributed by atoms with Crippen LogP contribution in [0, 0.1) is 0 Å². The Bertz CT molecular complexity index is 1050. The minimum atomic E-state index is -0.407. The number of Topliss-reactive ketones (excluding diaryl/α,β-unsaturated/α-hetero) is 1. The van der Waals surface area contributed by atoms with Gasteiger partial charge in [-0.1, -0.05) is 42.5 Å². The monoisotopic (exact) mass is 433 g/mol. The van der Waals surface area contributed by atoms with E-state index in [0.717, 1.165) is 28.3 Å². The van der Waals surface area contributed by atoms with E-state index in [4.69, 9.17) is 4.74 Å². The SMILES string of the molecule is CCOC(=O)C1=C(C)NC2=C(C(=O)CC(c3ccccc3)C2)C1c1ccc(SC)cc1. The van der Waals surface area contributed by atoms with Crippen LogP contribution in [0.4, 0.5) is 0 Å². The third-order valence-electron chi connectivity index (χ3n) is 6.04. The van der Waals surface area contributed by atoms with Crippen molar-refractivity contribution in [3.05, 3.63) is 88.3 Å². The van der Waals surface area contributed by atoms with Crippen LogP contribution in [0.5, 0.6) is 0 Å². The molecule has 31 heavy (non-hydrogen) atoms. The molecule has 1 aliphatic carbocycles. The number of dihydropyridines is 1. The number of ether oxygens (including phenoxy) is 1. The van der Waals surface area contributed by atoms with Crippen LogP contribution in [0.1, 0.15) is 49.7 Å². The van der Waals surface area contributed by atoms with E-state index in [2.05, 4.69) is 17.4 Å². The van der Waals surface area contributed by atoms with E-state index < -0.39 is 5.92 Å². The fourth-order valence-electron chi connectivity index (χ4n) is 4.61. The summed E-state index contributed by atoms with van der Waals surface area (Å²) in [5, 5.41) is 3.39. The predicted molar refractivity (Wildman–Crippen MR) is 124 cm³/mol. The van der Waals surface area contributed by atoms with Crippen LogP contribution in [0.15, 0.2) is 82.0 Å². The Morgan fingerprint density at radius 1 is 1.06 bits per heavy atom. The van der Waals surface area contributed by atoms with E-state index in [0.29, 0.717) is 24.2 Å². The van der Waals surface area contributed by atoms with E-state index in [1.54, 1.807) is 18.7 Å². The highest BCUT2D eigenvalue weighted by atomic mass is 32.2. The summed E-state index contributed by atoms with van der Waals surface area (Å²) < 4.78 is 5.38. The van der Waals surface area contributed by atoms with Crippen LogP contribution in [0.2, 0.25) is 0 Å². The molecular formula is C26H27NO3S. The zero-order valence-corrected chi connectivity index (χ0v) is 18.9. The van der Waals surface area contributed by atoms with Crippen molar-refractivity contribution >= 4 is 23.5 Å². The first-order valence-corrected chi connectivity index (χ1v) is 11.9. The van der Waals surface area contributed by atoms with Crippen LogP contribution in [0.3, 0.4) is 0 Å². The van der Waals surface area contributed by atoms with Gasteiger partial charge in [-0.3, -0.25) is 4.79 Å². The Hall–Kier alpha value is -2.79.